The Morgan fingerprint density at radius 2 is 1.93 bits per heavy atom. The average molecular weight is 378 g/mol. The fourth-order valence-corrected chi connectivity index (χ4v) is 3.63. The van der Waals surface area contributed by atoms with Gasteiger partial charge in [-0.05, 0) is 61.8 Å². The second-order valence-electron chi connectivity index (χ2n) is 7.22. The number of aromatic nitrogens is 2. The van der Waals surface area contributed by atoms with E-state index < -0.39 is 0 Å². The van der Waals surface area contributed by atoms with Crippen molar-refractivity contribution in [1.82, 2.24) is 15.1 Å². The van der Waals surface area contributed by atoms with Gasteiger partial charge in [0.15, 0.2) is 0 Å². The summed E-state index contributed by atoms with van der Waals surface area (Å²) in [5.41, 5.74) is 3.81. The third kappa shape index (κ3) is 4.46. The van der Waals surface area contributed by atoms with E-state index in [0.717, 1.165) is 55.0 Å². The maximum Gasteiger partial charge on any atom is 0.227 e. The Morgan fingerprint density at radius 1 is 1.14 bits per heavy atom. The smallest absolute Gasteiger partial charge is 0.227 e. The summed E-state index contributed by atoms with van der Waals surface area (Å²) in [6, 6.07) is 16.3. The van der Waals surface area contributed by atoms with Crippen LogP contribution in [0.4, 0.5) is 10.1 Å². The number of halogens is 1. The van der Waals surface area contributed by atoms with Crippen molar-refractivity contribution < 1.29 is 9.18 Å². The van der Waals surface area contributed by atoms with Gasteiger partial charge in [0, 0.05) is 29.9 Å². The zero-order valence-corrected chi connectivity index (χ0v) is 15.6. The Labute approximate surface area is 163 Å². The van der Waals surface area contributed by atoms with Crippen molar-refractivity contribution in [2.45, 2.75) is 19.4 Å². The van der Waals surface area contributed by atoms with Gasteiger partial charge in [-0.2, -0.15) is 5.10 Å². The molecule has 3 aromatic rings. The van der Waals surface area contributed by atoms with Crippen LogP contribution in [0.25, 0.3) is 11.3 Å². The summed E-state index contributed by atoms with van der Waals surface area (Å²) in [5, 5.41) is 9.96. The topological polar surface area (TPSA) is 61.0 Å². The summed E-state index contributed by atoms with van der Waals surface area (Å²) in [5.74, 6) is -0.126. The summed E-state index contributed by atoms with van der Waals surface area (Å²) in [6.07, 6.45) is 3.36. The zero-order valence-electron chi connectivity index (χ0n) is 15.6. The number of nitrogens with zero attached hydrogens (tertiary/aromatic N) is 2. The van der Waals surface area contributed by atoms with Crippen molar-refractivity contribution in [2.75, 3.05) is 18.4 Å². The number of rotatable bonds is 5. The Balaban J connectivity index is 1.31. The number of piperidine rings is 1. The van der Waals surface area contributed by atoms with Crippen molar-refractivity contribution in [2.24, 2.45) is 5.92 Å². The van der Waals surface area contributed by atoms with Crippen LogP contribution in [-0.2, 0) is 11.3 Å². The molecule has 2 heterocycles. The molecule has 0 atom stereocenters. The maximum absolute atomic E-state index is 13.0. The van der Waals surface area contributed by atoms with Crippen molar-refractivity contribution in [3.63, 3.8) is 0 Å². The molecule has 28 heavy (non-hydrogen) atoms. The summed E-state index contributed by atoms with van der Waals surface area (Å²) in [4.78, 5) is 15.0. The highest BCUT2D eigenvalue weighted by Crippen LogP contribution is 2.23. The Kier molecular flexibility index (Phi) is 5.48. The van der Waals surface area contributed by atoms with Crippen LogP contribution >= 0.6 is 0 Å². The summed E-state index contributed by atoms with van der Waals surface area (Å²) < 4.78 is 13.0. The van der Waals surface area contributed by atoms with Crippen LogP contribution < -0.4 is 5.32 Å². The lowest BCUT2D eigenvalue weighted by Gasteiger charge is -2.31. The van der Waals surface area contributed by atoms with Gasteiger partial charge >= 0.3 is 0 Å². The third-order valence-corrected chi connectivity index (χ3v) is 5.22. The number of aromatic amines is 1. The van der Waals surface area contributed by atoms with E-state index in [4.69, 9.17) is 0 Å². The van der Waals surface area contributed by atoms with Crippen LogP contribution in [0.2, 0.25) is 0 Å². The number of hydrogen-bond donors (Lipinski definition) is 2. The molecular weight excluding hydrogens is 355 g/mol. The molecule has 0 unspecified atom stereocenters. The molecule has 1 saturated heterocycles. The monoisotopic (exact) mass is 378 g/mol. The van der Waals surface area contributed by atoms with Crippen molar-refractivity contribution in [3.05, 3.63) is 72.2 Å². The molecule has 0 bridgehead atoms. The van der Waals surface area contributed by atoms with Crippen molar-refractivity contribution >= 4 is 11.6 Å². The molecule has 0 saturated carbocycles. The lowest BCUT2D eigenvalue weighted by Crippen LogP contribution is -2.37. The molecule has 0 radical (unpaired) electrons. The van der Waals surface area contributed by atoms with E-state index in [1.54, 1.807) is 6.20 Å². The van der Waals surface area contributed by atoms with Crippen molar-refractivity contribution in [1.29, 1.82) is 0 Å². The first kappa shape index (κ1) is 18.4. The van der Waals surface area contributed by atoms with E-state index in [1.165, 1.54) is 12.1 Å². The number of carbonyl (C=O) groups excluding carboxylic acids is 1. The number of nitrogens with one attached hydrogen (secondary N) is 2. The summed E-state index contributed by atoms with van der Waals surface area (Å²) in [6.45, 7) is 2.52. The Bertz CT molecular complexity index is 916. The van der Waals surface area contributed by atoms with E-state index in [-0.39, 0.29) is 17.6 Å². The minimum Gasteiger partial charge on any atom is -0.326 e. The highest BCUT2D eigenvalue weighted by molar-refractivity contribution is 5.93. The van der Waals surface area contributed by atoms with Gasteiger partial charge in [-0.15, -0.1) is 0 Å². The molecule has 1 aromatic heterocycles. The predicted molar refractivity (Wildman–Crippen MR) is 107 cm³/mol. The number of carbonyl (C=O) groups is 1. The van der Waals surface area contributed by atoms with Crippen LogP contribution in [-0.4, -0.2) is 34.1 Å². The molecule has 5 nitrogen and oxygen atoms in total. The second kappa shape index (κ2) is 8.35. The normalized spacial score (nSPS) is 15.5. The minimum atomic E-state index is -0.212. The molecular formula is C22H23FN4O. The van der Waals surface area contributed by atoms with E-state index in [0.29, 0.717) is 0 Å². The molecule has 4 rings (SSSR count). The number of amides is 1. The van der Waals surface area contributed by atoms with E-state index in [2.05, 4.69) is 20.4 Å². The second-order valence-corrected chi connectivity index (χ2v) is 7.22. The number of hydrogen-bond acceptors (Lipinski definition) is 3. The fourth-order valence-electron chi connectivity index (χ4n) is 3.63. The van der Waals surface area contributed by atoms with Gasteiger partial charge in [-0.1, -0.05) is 24.3 Å². The Hall–Kier alpha value is -2.99. The molecule has 0 spiro atoms. The van der Waals surface area contributed by atoms with Gasteiger partial charge in [0.25, 0.3) is 0 Å². The molecule has 6 heteroatoms. The highest BCUT2D eigenvalue weighted by Gasteiger charge is 2.25. The SMILES string of the molecule is O=C(Nc1cccc(-c2ccn[nH]2)c1)C1CCN(Cc2ccc(F)cc2)CC1. The molecule has 1 amide bonds. The number of anilines is 1. The van der Waals surface area contributed by atoms with Crippen LogP contribution in [0.5, 0.6) is 0 Å². The molecule has 0 aliphatic carbocycles. The van der Waals surface area contributed by atoms with Gasteiger partial charge in [-0.3, -0.25) is 14.8 Å². The maximum atomic E-state index is 13.0. The third-order valence-electron chi connectivity index (χ3n) is 5.22. The molecule has 1 aliphatic rings. The van der Waals surface area contributed by atoms with Gasteiger partial charge < -0.3 is 5.32 Å². The molecule has 1 fully saturated rings. The largest absolute Gasteiger partial charge is 0.326 e. The molecule has 2 aromatic carbocycles. The van der Waals surface area contributed by atoms with Crippen LogP contribution in [0.1, 0.15) is 18.4 Å². The lowest BCUT2D eigenvalue weighted by molar-refractivity contribution is -0.121. The first-order valence-electron chi connectivity index (χ1n) is 9.55. The zero-order chi connectivity index (χ0) is 19.3. The van der Waals surface area contributed by atoms with E-state index >= 15 is 0 Å². The number of likely N-dealkylation sites (tertiary alicyclic amines) is 1. The molecule has 1 aliphatic heterocycles. The highest BCUT2D eigenvalue weighted by atomic mass is 19.1. The molecule has 2 N–H and O–H groups in total. The predicted octanol–water partition coefficient (Wildman–Crippen LogP) is 4.07. The van der Waals surface area contributed by atoms with E-state index in [1.807, 2.05) is 42.5 Å². The van der Waals surface area contributed by atoms with Gasteiger partial charge in [0.1, 0.15) is 5.82 Å². The standard InChI is InChI=1S/C22H23FN4O/c23-19-6-4-16(5-7-19)15-27-12-9-17(10-13-27)22(28)25-20-3-1-2-18(14-20)21-8-11-24-26-21/h1-8,11,14,17H,9-10,12-13,15H2,(H,24,26)(H,25,28). The Morgan fingerprint density at radius 3 is 2.64 bits per heavy atom. The van der Waals surface area contributed by atoms with Crippen molar-refractivity contribution in [3.8, 4) is 11.3 Å². The first-order valence-corrected chi connectivity index (χ1v) is 9.55. The fraction of sp³-hybridized carbons (Fsp3) is 0.273. The number of benzene rings is 2. The quantitative estimate of drug-likeness (QED) is 0.704. The summed E-state index contributed by atoms with van der Waals surface area (Å²) in [7, 11) is 0. The van der Waals surface area contributed by atoms with Crippen LogP contribution in [0.15, 0.2) is 60.8 Å². The first-order chi connectivity index (χ1) is 13.7. The summed E-state index contributed by atoms with van der Waals surface area (Å²) >= 11 is 0. The van der Waals surface area contributed by atoms with Crippen LogP contribution in [0, 0.1) is 11.7 Å². The van der Waals surface area contributed by atoms with Gasteiger partial charge in [0.05, 0.1) is 5.69 Å². The van der Waals surface area contributed by atoms with Crippen LogP contribution in [0.3, 0.4) is 0 Å². The molecule has 144 valence electrons. The number of H-pyrrole nitrogens is 1. The van der Waals surface area contributed by atoms with E-state index in [9.17, 15) is 9.18 Å². The van der Waals surface area contributed by atoms with Gasteiger partial charge in [0.2, 0.25) is 5.91 Å². The lowest BCUT2D eigenvalue weighted by atomic mass is 9.95. The van der Waals surface area contributed by atoms with Gasteiger partial charge in [-0.25, -0.2) is 4.39 Å². The minimum absolute atomic E-state index is 0.0141. The average Bonchev–Trinajstić information content (AvgIpc) is 3.25.